The Morgan fingerprint density at radius 1 is 1.26 bits per heavy atom. The van der Waals surface area contributed by atoms with E-state index in [1.165, 1.54) is 12.1 Å². The molecule has 0 radical (unpaired) electrons. The van der Waals surface area contributed by atoms with Crippen LogP contribution in [0.3, 0.4) is 0 Å². The molecule has 1 aliphatic heterocycles. The number of ether oxygens (including phenoxy) is 1. The van der Waals surface area contributed by atoms with Gasteiger partial charge in [0, 0.05) is 17.7 Å². The Kier molecular flexibility index (Phi) is 4.53. The van der Waals surface area contributed by atoms with Crippen molar-refractivity contribution in [3.8, 4) is 0 Å². The quantitative estimate of drug-likeness (QED) is 0.885. The fourth-order valence-corrected chi connectivity index (χ4v) is 2.68. The molecule has 106 valence electrons. The smallest absolute Gasteiger partial charge is 0.388 e. The fourth-order valence-electron chi connectivity index (χ4n) is 2.32. The lowest BCUT2D eigenvalue weighted by molar-refractivity contribution is -0.139. The number of rotatable bonds is 2. The lowest BCUT2D eigenvalue weighted by Gasteiger charge is -2.28. The first kappa shape index (κ1) is 14.8. The summed E-state index contributed by atoms with van der Waals surface area (Å²) >= 11 is 3.03. The van der Waals surface area contributed by atoms with Crippen molar-refractivity contribution < 1.29 is 23.0 Å². The standard InChI is InChI=1S/C13H14BrF3O2/c14-9-1-2-10(11(7-9)13(15,16)17)12(18)8-3-5-19-6-4-8/h1-2,7-8,12,18H,3-6H2. The Morgan fingerprint density at radius 3 is 2.47 bits per heavy atom. The summed E-state index contributed by atoms with van der Waals surface area (Å²) in [5.74, 6) is -0.184. The van der Waals surface area contributed by atoms with Crippen molar-refractivity contribution in [2.75, 3.05) is 13.2 Å². The Hall–Kier alpha value is -0.590. The molecule has 1 aromatic rings. The van der Waals surface area contributed by atoms with Gasteiger partial charge in [0.2, 0.25) is 0 Å². The maximum atomic E-state index is 13.0. The maximum absolute atomic E-state index is 13.0. The van der Waals surface area contributed by atoms with Crippen molar-refractivity contribution in [3.05, 3.63) is 33.8 Å². The number of aliphatic hydroxyl groups is 1. The monoisotopic (exact) mass is 338 g/mol. The number of aliphatic hydroxyl groups excluding tert-OH is 1. The molecule has 0 amide bonds. The average molecular weight is 339 g/mol. The zero-order chi connectivity index (χ0) is 14.0. The highest BCUT2D eigenvalue weighted by atomic mass is 79.9. The van der Waals surface area contributed by atoms with Crippen LogP contribution < -0.4 is 0 Å². The van der Waals surface area contributed by atoms with Crippen LogP contribution >= 0.6 is 15.9 Å². The van der Waals surface area contributed by atoms with Gasteiger partial charge in [-0.1, -0.05) is 22.0 Å². The second kappa shape index (κ2) is 5.81. The average Bonchev–Trinajstić information content (AvgIpc) is 2.38. The first-order valence-electron chi connectivity index (χ1n) is 6.02. The summed E-state index contributed by atoms with van der Waals surface area (Å²) in [5, 5.41) is 10.2. The van der Waals surface area contributed by atoms with Crippen molar-refractivity contribution in [3.63, 3.8) is 0 Å². The Morgan fingerprint density at radius 2 is 1.89 bits per heavy atom. The highest BCUT2D eigenvalue weighted by molar-refractivity contribution is 9.10. The van der Waals surface area contributed by atoms with E-state index in [9.17, 15) is 18.3 Å². The normalized spacial score (nSPS) is 19.4. The van der Waals surface area contributed by atoms with E-state index in [1.807, 2.05) is 0 Å². The second-order valence-corrected chi connectivity index (χ2v) is 5.54. The van der Waals surface area contributed by atoms with E-state index in [0.717, 1.165) is 6.07 Å². The van der Waals surface area contributed by atoms with E-state index in [0.29, 0.717) is 30.5 Å². The number of hydrogen-bond acceptors (Lipinski definition) is 2. The molecule has 1 N–H and O–H groups in total. The third-order valence-electron chi connectivity index (χ3n) is 3.35. The van der Waals surface area contributed by atoms with Crippen LogP contribution in [0.15, 0.2) is 22.7 Å². The van der Waals surface area contributed by atoms with Gasteiger partial charge in [0.05, 0.1) is 11.7 Å². The molecule has 0 bridgehead atoms. The van der Waals surface area contributed by atoms with Crippen LogP contribution in [0.4, 0.5) is 13.2 Å². The third-order valence-corrected chi connectivity index (χ3v) is 3.85. The van der Waals surface area contributed by atoms with Crippen LogP contribution in [0, 0.1) is 5.92 Å². The lowest BCUT2D eigenvalue weighted by atomic mass is 9.87. The maximum Gasteiger partial charge on any atom is 0.416 e. The molecule has 6 heteroatoms. The Balaban J connectivity index is 2.32. The topological polar surface area (TPSA) is 29.5 Å². The van der Waals surface area contributed by atoms with Crippen molar-refractivity contribution in [1.82, 2.24) is 0 Å². The highest BCUT2D eigenvalue weighted by Crippen LogP contribution is 2.40. The minimum Gasteiger partial charge on any atom is -0.388 e. The van der Waals surface area contributed by atoms with Gasteiger partial charge in [-0.15, -0.1) is 0 Å². The van der Waals surface area contributed by atoms with Crippen LogP contribution in [-0.4, -0.2) is 18.3 Å². The number of benzene rings is 1. The van der Waals surface area contributed by atoms with Crippen molar-refractivity contribution in [2.45, 2.75) is 25.1 Å². The van der Waals surface area contributed by atoms with E-state index in [-0.39, 0.29) is 11.5 Å². The van der Waals surface area contributed by atoms with Gasteiger partial charge in [-0.25, -0.2) is 0 Å². The molecule has 1 saturated heterocycles. The molecule has 0 saturated carbocycles. The van der Waals surface area contributed by atoms with Crippen LogP contribution in [0.2, 0.25) is 0 Å². The molecule has 1 unspecified atom stereocenters. The van der Waals surface area contributed by atoms with Gasteiger partial charge in [-0.3, -0.25) is 0 Å². The molecule has 2 rings (SSSR count). The minimum atomic E-state index is -4.47. The van der Waals surface area contributed by atoms with Crippen molar-refractivity contribution >= 4 is 15.9 Å². The van der Waals surface area contributed by atoms with Crippen LogP contribution in [0.5, 0.6) is 0 Å². The van der Waals surface area contributed by atoms with Crippen LogP contribution in [0.1, 0.15) is 30.1 Å². The van der Waals surface area contributed by atoms with Gasteiger partial charge in [-0.05, 0) is 36.5 Å². The van der Waals surface area contributed by atoms with Gasteiger partial charge in [0.25, 0.3) is 0 Å². The van der Waals surface area contributed by atoms with Crippen LogP contribution in [0.25, 0.3) is 0 Å². The summed E-state index contributed by atoms with van der Waals surface area (Å²) < 4.78 is 44.5. The molecule has 0 spiro atoms. The van der Waals surface area contributed by atoms with Gasteiger partial charge >= 0.3 is 6.18 Å². The first-order valence-corrected chi connectivity index (χ1v) is 6.81. The molecule has 19 heavy (non-hydrogen) atoms. The van der Waals surface area contributed by atoms with Gasteiger partial charge in [0.15, 0.2) is 0 Å². The van der Waals surface area contributed by atoms with Gasteiger partial charge in [0.1, 0.15) is 0 Å². The van der Waals surface area contributed by atoms with Crippen molar-refractivity contribution in [2.24, 2.45) is 5.92 Å². The van der Waals surface area contributed by atoms with Crippen LogP contribution in [-0.2, 0) is 10.9 Å². The zero-order valence-electron chi connectivity index (χ0n) is 10.1. The minimum absolute atomic E-state index is 0.0531. The zero-order valence-corrected chi connectivity index (χ0v) is 11.7. The SMILES string of the molecule is OC(c1ccc(Br)cc1C(F)(F)F)C1CCOCC1. The number of hydrogen-bond donors (Lipinski definition) is 1. The summed E-state index contributed by atoms with van der Waals surface area (Å²) in [6, 6.07) is 3.87. The molecule has 1 heterocycles. The lowest BCUT2D eigenvalue weighted by Crippen LogP contribution is -2.24. The van der Waals surface area contributed by atoms with E-state index in [4.69, 9.17) is 4.74 Å². The van der Waals surface area contributed by atoms with Crippen molar-refractivity contribution in [1.29, 1.82) is 0 Å². The third kappa shape index (κ3) is 3.49. The van der Waals surface area contributed by atoms with E-state index in [2.05, 4.69) is 15.9 Å². The summed E-state index contributed by atoms with van der Waals surface area (Å²) in [5.41, 5.74) is -0.830. The summed E-state index contributed by atoms with van der Waals surface area (Å²) in [6.07, 6.45) is -4.41. The molecule has 1 aliphatic rings. The Labute approximate surface area is 117 Å². The summed E-state index contributed by atoms with van der Waals surface area (Å²) in [6.45, 7) is 0.971. The van der Waals surface area contributed by atoms with E-state index >= 15 is 0 Å². The number of halogens is 4. The van der Waals surface area contributed by atoms with Gasteiger partial charge in [-0.2, -0.15) is 13.2 Å². The molecule has 2 nitrogen and oxygen atoms in total. The molecule has 1 atom stereocenters. The Bertz CT molecular complexity index is 442. The van der Waals surface area contributed by atoms with Gasteiger partial charge < -0.3 is 9.84 Å². The highest BCUT2D eigenvalue weighted by Gasteiger charge is 2.37. The molecular weight excluding hydrogens is 325 g/mol. The number of alkyl halides is 3. The first-order chi connectivity index (χ1) is 8.89. The molecular formula is C13H14BrF3O2. The second-order valence-electron chi connectivity index (χ2n) is 4.62. The van der Waals surface area contributed by atoms with E-state index < -0.39 is 17.8 Å². The largest absolute Gasteiger partial charge is 0.416 e. The van der Waals surface area contributed by atoms with E-state index in [1.54, 1.807) is 0 Å². The molecule has 0 aliphatic carbocycles. The molecule has 1 fully saturated rings. The molecule has 1 aromatic carbocycles. The fraction of sp³-hybridized carbons (Fsp3) is 0.538. The molecule has 0 aromatic heterocycles. The predicted molar refractivity (Wildman–Crippen MR) is 67.6 cm³/mol. The summed E-state index contributed by atoms with van der Waals surface area (Å²) in [4.78, 5) is 0. The predicted octanol–water partition coefficient (Wildman–Crippen LogP) is 3.93. The summed E-state index contributed by atoms with van der Waals surface area (Å²) in [7, 11) is 0.